The number of hydrogen-bond donors (Lipinski definition) is 0. The lowest BCUT2D eigenvalue weighted by molar-refractivity contribution is -0.118. The summed E-state index contributed by atoms with van der Waals surface area (Å²) in [5.41, 5.74) is 0.876. The minimum absolute atomic E-state index is 0.204. The third-order valence-corrected chi connectivity index (χ3v) is 5.85. The number of fused-ring (bicyclic) bond motifs is 1. The zero-order valence-corrected chi connectivity index (χ0v) is 17.2. The molecule has 1 aliphatic heterocycles. The fourth-order valence-electron chi connectivity index (χ4n) is 4.22. The van der Waals surface area contributed by atoms with E-state index in [9.17, 15) is 9.18 Å². The van der Waals surface area contributed by atoms with Crippen molar-refractivity contribution in [2.24, 2.45) is 5.92 Å². The molecule has 156 valence electrons. The maximum Gasteiger partial charge on any atom is 0.138 e. The van der Waals surface area contributed by atoms with Gasteiger partial charge in [-0.1, -0.05) is 48.5 Å². The molecule has 0 radical (unpaired) electrons. The van der Waals surface area contributed by atoms with Gasteiger partial charge in [0.1, 0.15) is 17.3 Å². The first-order chi connectivity index (χ1) is 14.7. The Bertz CT molecular complexity index is 980. The highest BCUT2D eigenvalue weighted by Gasteiger charge is 2.21. The van der Waals surface area contributed by atoms with Crippen molar-refractivity contribution in [1.29, 1.82) is 0 Å². The highest BCUT2D eigenvalue weighted by molar-refractivity contribution is 5.88. The number of hydrogen-bond acceptors (Lipinski definition) is 3. The summed E-state index contributed by atoms with van der Waals surface area (Å²) in [6.07, 6.45) is 3.20. The first kappa shape index (κ1) is 20.5. The molecule has 0 spiro atoms. The van der Waals surface area contributed by atoms with Gasteiger partial charge in [0, 0.05) is 37.2 Å². The predicted molar refractivity (Wildman–Crippen MR) is 118 cm³/mol. The fraction of sp³-hybridized carbons (Fsp3) is 0.346. The van der Waals surface area contributed by atoms with Crippen LogP contribution < -0.4 is 4.74 Å². The number of carbonyl (C=O) groups excluding carboxylic acids is 1. The first-order valence-corrected chi connectivity index (χ1v) is 10.8. The van der Waals surface area contributed by atoms with E-state index in [1.807, 2.05) is 24.3 Å². The number of ether oxygens (including phenoxy) is 1. The molecule has 0 aliphatic carbocycles. The lowest BCUT2D eigenvalue weighted by Crippen LogP contribution is -2.38. The SMILES string of the molecule is O=C(CCN1CCCC(COc2cccc3ccccc23)C1)Cc1ccc(F)cc1. The molecule has 1 unspecified atom stereocenters. The largest absolute Gasteiger partial charge is 0.493 e. The Balaban J connectivity index is 1.25. The Morgan fingerprint density at radius 1 is 1.03 bits per heavy atom. The molecule has 30 heavy (non-hydrogen) atoms. The van der Waals surface area contributed by atoms with Crippen LogP contribution in [0.1, 0.15) is 24.8 Å². The molecule has 0 bridgehead atoms. The van der Waals surface area contributed by atoms with E-state index >= 15 is 0 Å². The van der Waals surface area contributed by atoms with Crippen LogP contribution in [0.5, 0.6) is 5.75 Å². The van der Waals surface area contributed by atoms with E-state index in [1.165, 1.54) is 17.5 Å². The van der Waals surface area contributed by atoms with Gasteiger partial charge in [-0.2, -0.15) is 0 Å². The van der Waals surface area contributed by atoms with Gasteiger partial charge in [0.15, 0.2) is 0 Å². The van der Waals surface area contributed by atoms with Crippen LogP contribution in [0.25, 0.3) is 10.8 Å². The number of likely N-dealkylation sites (tertiary alicyclic amines) is 1. The molecule has 3 aromatic rings. The van der Waals surface area contributed by atoms with Crippen LogP contribution in [0, 0.1) is 11.7 Å². The Hall–Kier alpha value is -2.72. The van der Waals surface area contributed by atoms with Crippen LogP contribution in [0.3, 0.4) is 0 Å². The topological polar surface area (TPSA) is 29.5 Å². The number of ketones is 1. The number of carbonyl (C=O) groups is 1. The van der Waals surface area contributed by atoms with Crippen molar-refractivity contribution in [3.8, 4) is 5.75 Å². The second kappa shape index (κ2) is 9.86. The van der Waals surface area contributed by atoms with Crippen molar-refractivity contribution in [2.45, 2.75) is 25.7 Å². The van der Waals surface area contributed by atoms with E-state index in [4.69, 9.17) is 4.74 Å². The van der Waals surface area contributed by atoms with Gasteiger partial charge < -0.3 is 9.64 Å². The second-order valence-electron chi connectivity index (χ2n) is 8.19. The van der Waals surface area contributed by atoms with E-state index in [-0.39, 0.29) is 11.6 Å². The van der Waals surface area contributed by atoms with Crippen molar-refractivity contribution in [3.05, 3.63) is 78.1 Å². The maximum absolute atomic E-state index is 13.0. The van der Waals surface area contributed by atoms with Crippen molar-refractivity contribution in [2.75, 3.05) is 26.2 Å². The summed E-state index contributed by atoms with van der Waals surface area (Å²) in [6, 6.07) is 20.7. The summed E-state index contributed by atoms with van der Waals surface area (Å²) in [6.45, 7) is 3.49. The van der Waals surface area contributed by atoms with Crippen LogP contribution in [0.15, 0.2) is 66.7 Å². The van der Waals surface area contributed by atoms with Crippen LogP contribution >= 0.6 is 0 Å². The molecule has 1 heterocycles. The highest BCUT2D eigenvalue weighted by atomic mass is 19.1. The molecule has 1 aliphatic rings. The average molecular weight is 406 g/mol. The number of rotatable bonds is 8. The number of halogens is 1. The van der Waals surface area contributed by atoms with Gasteiger partial charge in [-0.25, -0.2) is 4.39 Å². The van der Waals surface area contributed by atoms with Gasteiger partial charge in [0.05, 0.1) is 6.61 Å². The minimum Gasteiger partial charge on any atom is -0.493 e. The van der Waals surface area contributed by atoms with Gasteiger partial charge in [0.25, 0.3) is 0 Å². The van der Waals surface area contributed by atoms with E-state index < -0.39 is 0 Å². The number of benzene rings is 3. The van der Waals surface area contributed by atoms with Gasteiger partial charge in [-0.3, -0.25) is 4.79 Å². The van der Waals surface area contributed by atoms with E-state index in [0.29, 0.717) is 25.4 Å². The molecule has 3 nitrogen and oxygen atoms in total. The molecule has 0 N–H and O–H groups in total. The molecule has 4 heteroatoms. The Morgan fingerprint density at radius 2 is 1.83 bits per heavy atom. The second-order valence-corrected chi connectivity index (χ2v) is 8.19. The van der Waals surface area contributed by atoms with Gasteiger partial charge in [-0.05, 0) is 48.5 Å². The third-order valence-electron chi connectivity index (χ3n) is 5.85. The summed E-state index contributed by atoms with van der Waals surface area (Å²) in [7, 11) is 0. The average Bonchev–Trinajstić information content (AvgIpc) is 2.78. The Labute approximate surface area is 177 Å². The quantitative estimate of drug-likeness (QED) is 0.511. The molecular formula is C26H28FNO2. The fourth-order valence-corrected chi connectivity index (χ4v) is 4.22. The maximum atomic E-state index is 13.0. The lowest BCUT2D eigenvalue weighted by Gasteiger charge is -2.32. The molecule has 0 saturated carbocycles. The summed E-state index contributed by atoms with van der Waals surface area (Å²) >= 11 is 0. The smallest absolute Gasteiger partial charge is 0.138 e. The van der Waals surface area contributed by atoms with Gasteiger partial charge in [0.2, 0.25) is 0 Å². The zero-order chi connectivity index (χ0) is 20.8. The van der Waals surface area contributed by atoms with Gasteiger partial charge >= 0.3 is 0 Å². The van der Waals surface area contributed by atoms with Crippen LogP contribution in [-0.2, 0) is 11.2 Å². The molecule has 1 atom stereocenters. The predicted octanol–water partition coefficient (Wildman–Crippen LogP) is 5.27. The number of nitrogens with zero attached hydrogens (tertiary/aromatic N) is 1. The van der Waals surface area contributed by atoms with E-state index in [2.05, 4.69) is 23.1 Å². The zero-order valence-electron chi connectivity index (χ0n) is 17.2. The standard InChI is InChI=1S/C26H28FNO2/c27-23-12-10-20(11-13-23)17-24(29)14-16-28-15-4-5-21(18-28)19-30-26-9-3-7-22-6-1-2-8-25(22)26/h1-3,6-13,21H,4-5,14-19H2. The lowest BCUT2D eigenvalue weighted by atomic mass is 9.98. The number of piperidine rings is 1. The Morgan fingerprint density at radius 3 is 2.70 bits per heavy atom. The van der Waals surface area contributed by atoms with Crippen LogP contribution in [0.4, 0.5) is 4.39 Å². The minimum atomic E-state index is -0.267. The van der Waals surface area contributed by atoms with Gasteiger partial charge in [-0.15, -0.1) is 0 Å². The summed E-state index contributed by atoms with van der Waals surface area (Å²) in [5, 5.41) is 2.35. The van der Waals surface area contributed by atoms with E-state index in [0.717, 1.165) is 49.2 Å². The van der Waals surface area contributed by atoms with Crippen LogP contribution in [-0.4, -0.2) is 36.9 Å². The first-order valence-electron chi connectivity index (χ1n) is 10.8. The third kappa shape index (κ3) is 5.45. The van der Waals surface area contributed by atoms with E-state index in [1.54, 1.807) is 12.1 Å². The molecular weight excluding hydrogens is 377 g/mol. The highest BCUT2D eigenvalue weighted by Crippen LogP contribution is 2.26. The monoisotopic (exact) mass is 405 g/mol. The van der Waals surface area contributed by atoms with Crippen molar-refractivity contribution < 1.29 is 13.9 Å². The normalized spacial score (nSPS) is 17.2. The molecule has 1 saturated heterocycles. The summed E-state index contributed by atoms with van der Waals surface area (Å²) in [5.74, 6) is 1.36. The number of Topliss-reactive ketones (excluding diaryl/α,β-unsaturated/α-hetero) is 1. The molecule has 0 amide bonds. The Kier molecular flexibility index (Phi) is 6.75. The van der Waals surface area contributed by atoms with Crippen molar-refractivity contribution >= 4 is 16.6 Å². The van der Waals surface area contributed by atoms with Crippen LogP contribution in [0.2, 0.25) is 0 Å². The van der Waals surface area contributed by atoms with Crippen molar-refractivity contribution in [3.63, 3.8) is 0 Å². The molecule has 3 aromatic carbocycles. The summed E-state index contributed by atoms with van der Waals surface area (Å²) in [4.78, 5) is 14.7. The molecule has 0 aromatic heterocycles. The van der Waals surface area contributed by atoms with Crippen molar-refractivity contribution in [1.82, 2.24) is 4.90 Å². The molecule has 1 fully saturated rings. The summed E-state index contributed by atoms with van der Waals surface area (Å²) < 4.78 is 19.2. The molecule has 4 rings (SSSR count).